The lowest BCUT2D eigenvalue weighted by molar-refractivity contribution is 0.0763. The number of hydrogen-bond donors (Lipinski definition) is 2. The summed E-state index contributed by atoms with van der Waals surface area (Å²) < 4.78 is 22.8. The van der Waals surface area contributed by atoms with Gasteiger partial charge in [-0.05, 0) is 20.8 Å². The van der Waals surface area contributed by atoms with Crippen molar-refractivity contribution in [3.63, 3.8) is 0 Å². The van der Waals surface area contributed by atoms with Crippen LogP contribution in [0.3, 0.4) is 0 Å². The van der Waals surface area contributed by atoms with Crippen molar-refractivity contribution in [1.29, 1.82) is 0 Å². The fourth-order valence-corrected chi connectivity index (χ4v) is 2.45. The van der Waals surface area contributed by atoms with Crippen LogP contribution in [-0.4, -0.2) is 42.5 Å². The minimum atomic E-state index is -3.96. The van der Waals surface area contributed by atoms with E-state index in [1.165, 1.54) is 11.8 Å². The number of sulfonamides is 1. The topological polar surface area (TPSA) is 109 Å². The maximum Gasteiger partial charge on any atom is 0.275 e. The maximum atomic E-state index is 12.0. The van der Waals surface area contributed by atoms with Crippen LogP contribution in [0.4, 0.5) is 0 Å². The number of nitrogens with one attached hydrogen (secondary N) is 1. The van der Waals surface area contributed by atoms with Gasteiger partial charge in [-0.2, -0.15) is 5.10 Å². The van der Waals surface area contributed by atoms with E-state index >= 15 is 0 Å². The summed E-state index contributed by atoms with van der Waals surface area (Å²) in [6, 6.07) is 0. The summed E-state index contributed by atoms with van der Waals surface area (Å²) in [5.41, 5.74) is 0.122. The lowest BCUT2D eigenvalue weighted by atomic mass is 10.3. The normalized spacial score (nSPS) is 11.5. The minimum absolute atomic E-state index is 0.145. The van der Waals surface area contributed by atoms with Gasteiger partial charge in [-0.15, -0.1) is 0 Å². The highest BCUT2D eigenvalue weighted by Gasteiger charge is 2.27. The summed E-state index contributed by atoms with van der Waals surface area (Å²) in [6.07, 6.45) is 0. The van der Waals surface area contributed by atoms with E-state index in [9.17, 15) is 13.2 Å². The molecule has 0 saturated carbocycles. The highest BCUT2D eigenvalue weighted by molar-refractivity contribution is 7.89. The number of aryl methyl sites for hydroxylation is 1. The van der Waals surface area contributed by atoms with Crippen LogP contribution < -0.4 is 5.14 Å². The van der Waals surface area contributed by atoms with Crippen LogP contribution in [0.25, 0.3) is 0 Å². The zero-order valence-electron chi connectivity index (χ0n) is 10.0. The van der Waals surface area contributed by atoms with Crippen molar-refractivity contribution in [3.8, 4) is 0 Å². The molecular formula is C9H16N4O3S. The monoisotopic (exact) mass is 260 g/mol. The van der Waals surface area contributed by atoms with Gasteiger partial charge >= 0.3 is 0 Å². The van der Waals surface area contributed by atoms with Gasteiger partial charge in [0, 0.05) is 13.1 Å². The van der Waals surface area contributed by atoms with Gasteiger partial charge < -0.3 is 4.90 Å². The summed E-state index contributed by atoms with van der Waals surface area (Å²) >= 11 is 0. The molecular weight excluding hydrogens is 244 g/mol. The molecule has 0 radical (unpaired) electrons. The van der Waals surface area contributed by atoms with Gasteiger partial charge in [0.05, 0.1) is 5.69 Å². The smallest absolute Gasteiger partial charge is 0.275 e. The molecule has 1 aromatic heterocycles. The standard InChI is InChI=1S/C9H16N4O3S/c1-4-13(5-2)9(14)7-8(17(10,15)16)6(3)11-12-7/h4-5H2,1-3H3,(H,11,12)(H2,10,15,16). The highest BCUT2D eigenvalue weighted by Crippen LogP contribution is 2.17. The molecule has 1 heterocycles. The van der Waals surface area contributed by atoms with Crippen molar-refractivity contribution in [1.82, 2.24) is 15.1 Å². The predicted molar refractivity (Wildman–Crippen MR) is 61.9 cm³/mol. The van der Waals surface area contributed by atoms with Gasteiger partial charge in [0.2, 0.25) is 10.0 Å². The van der Waals surface area contributed by atoms with Gasteiger partial charge in [0.1, 0.15) is 4.90 Å². The van der Waals surface area contributed by atoms with E-state index in [4.69, 9.17) is 5.14 Å². The van der Waals surface area contributed by atoms with Crippen molar-refractivity contribution < 1.29 is 13.2 Å². The van der Waals surface area contributed by atoms with E-state index in [0.717, 1.165) is 0 Å². The molecule has 0 aliphatic carbocycles. The number of aromatic amines is 1. The molecule has 96 valence electrons. The van der Waals surface area contributed by atoms with Crippen LogP contribution in [0.1, 0.15) is 30.0 Å². The molecule has 8 heteroatoms. The Balaban J connectivity index is 3.30. The molecule has 0 aliphatic rings. The quantitative estimate of drug-likeness (QED) is 0.784. The Labute approximate surface area is 100 Å². The zero-order chi connectivity index (χ0) is 13.2. The van der Waals surface area contributed by atoms with Gasteiger partial charge in [-0.1, -0.05) is 0 Å². The number of carbonyl (C=O) groups is 1. The Bertz CT molecular complexity index is 516. The lowest BCUT2D eigenvalue weighted by Crippen LogP contribution is -2.32. The summed E-state index contributed by atoms with van der Waals surface area (Å²) in [5.74, 6) is -0.441. The van der Waals surface area contributed by atoms with Gasteiger partial charge in [0.15, 0.2) is 5.69 Å². The molecule has 1 aromatic rings. The summed E-state index contributed by atoms with van der Waals surface area (Å²) in [5, 5.41) is 11.3. The average molecular weight is 260 g/mol. The van der Waals surface area contributed by atoms with Gasteiger partial charge in [0.25, 0.3) is 5.91 Å². The molecule has 0 saturated heterocycles. The van der Waals surface area contributed by atoms with Crippen molar-refractivity contribution in [2.24, 2.45) is 5.14 Å². The summed E-state index contributed by atoms with van der Waals surface area (Å²) in [7, 11) is -3.96. The van der Waals surface area contributed by atoms with E-state index in [0.29, 0.717) is 13.1 Å². The molecule has 0 atom stereocenters. The lowest BCUT2D eigenvalue weighted by Gasteiger charge is -2.17. The first-order valence-corrected chi connectivity index (χ1v) is 6.74. The van der Waals surface area contributed by atoms with Crippen molar-refractivity contribution in [2.45, 2.75) is 25.7 Å². The SMILES string of the molecule is CCN(CC)C(=O)c1n[nH]c(C)c1S(N)(=O)=O. The van der Waals surface area contributed by atoms with Crippen LogP contribution >= 0.6 is 0 Å². The molecule has 0 aromatic carbocycles. The van der Waals surface area contributed by atoms with Gasteiger partial charge in [-0.25, -0.2) is 13.6 Å². The molecule has 17 heavy (non-hydrogen) atoms. The molecule has 0 bridgehead atoms. The second-order valence-corrected chi connectivity index (χ2v) is 5.05. The van der Waals surface area contributed by atoms with E-state index in [-0.39, 0.29) is 16.3 Å². The summed E-state index contributed by atoms with van der Waals surface area (Å²) in [6.45, 7) is 6.07. The predicted octanol–water partition coefficient (Wildman–Crippen LogP) is -0.152. The third-order valence-electron chi connectivity index (χ3n) is 2.43. The molecule has 3 N–H and O–H groups in total. The molecule has 1 rings (SSSR count). The Hall–Kier alpha value is -1.41. The molecule has 1 amide bonds. The van der Waals surface area contributed by atoms with Crippen LogP contribution in [0.5, 0.6) is 0 Å². The maximum absolute atomic E-state index is 12.0. The number of amides is 1. The molecule has 0 fully saturated rings. The van der Waals surface area contributed by atoms with E-state index in [1.807, 2.05) is 0 Å². The molecule has 0 spiro atoms. The number of nitrogens with zero attached hydrogens (tertiary/aromatic N) is 2. The second-order valence-electron chi connectivity index (χ2n) is 3.55. The third-order valence-corrected chi connectivity index (χ3v) is 3.50. The van der Waals surface area contributed by atoms with Crippen molar-refractivity contribution >= 4 is 15.9 Å². The number of H-pyrrole nitrogens is 1. The fourth-order valence-electron chi connectivity index (χ4n) is 1.57. The van der Waals surface area contributed by atoms with Gasteiger partial charge in [-0.3, -0.25) is 9.89 Å². The van der Waals surface area contributed by atoms with Crippen LogP contribution in [-0.2, 0) is 10.0 Å². The fraction of sp³-hybridized carbons (Fsp3) is 0.556. The van der Waals surface area contributed by atoms with Crippen molar-refractivity contribution in [3.05, 3.63) is 11.4 Å². The average Bonchev–Trinajstić information content (AvgIpc) is 2.61. The van der Waals surface area contributed by atoms with Crippen LogP contribution in [0, 0.1) is 6.92 Å². The van der Waals surface area contributed by atoms with Crippen LogP contribution in [0.2, 0.25) is 0 Å². The second kappa shape index (κ2) is 4.84. The van der Waals surface area contributed by atoms with E-state index in [1.54, 1.807) is 13.8 Å². The number of rotatable bonds is 4. The molecule has 0 unspecified atom stereocenters. The first-order chi connectivity index (χ1) is 7.82. The number of hydrogen-bond acceptors (Lipinski definition) is 4. The Kier molecular flexibility index (Phi) is 3.89. The highest BCUT2D eigenvalue weighted by atomic mass is 32.2. The van der Waals surface area contributed by atoms with Crippen molar-refractivity contribution in [2.75, 3.05) is 13.1 Å². The Morgan fingerprint density at radius 3 is 2.35 bits per heavy atom. The van der Waals surface area contributed by atoms with Crippen LogP contribution in [0.15, 0.2) is 4.90 Å². The number of aromatic nitrogens is 2. The summed E-state index contributed by atoms with van der Waals surface area (Å²) in [4.78, 5) is 13.3. The minimum Gasteiger partial charge on any atom is -0.338 e. The number of primary sulfonamides is 1. The molecule has 7 nitrogen and oxygen atoms in total. The largest absolute Gasteiger partial charge is 0.338 e. The van der Waals surface area contributed by atoms with E-state index in [2.05, 4.69) is 10.2 Å². The Morgan fingerprint density at radius 2 is 1.94 bits per heavy atom. The Morgan fingerprint density at radius 1 is 1.41 bits per heavy atom. The molecule has 0 aliphatic heterocycles. The first-order valence-electron chi connectivity index (χ1n) is 5.19. The number of carbonyl (C=O) groups excluding carboxylic acids is 1. The first kappa shape index (κ1) is 13.7. The van der Waals surface area contributed by atoms with E-state index < -0.39 is 15.9 Å². The zero-order valence-corrected chi connectivity index (χ0v) is 10.8. The third kappa shape index (κ3) is 2.64. The number of nitrogens with two attached hydrogens (primary N) is 1.